The number of nitrogens with one attached hydrogen (secondary N) is 2. The van der Waals surface area contributed by atoms with E-state index in [1.165, 1.54) is 9.08 Å². The lowest BCUT2D eigenvalue weighted by Gasteiger charge is -2.15. The first-order valence-corrected chi connectivity index (χ1v) is 9.36. The minimum Gasteiger partial charge on any atom is -0.331 e. The highest BCUT2D eigenvalue weighted by Crippen LogP contribution is 2.14. The molecule has 2 amide bonds. The Labute approximate surface area is 167 Å². The molecule has 0 fully saturated rings. The van der Waals surface area contributed by atoms with Crippen molar-refractivity contribution in [1.82, 2.24) is 19.5 Å². The van der Waals surface area contributed by atoms with Gasteiger partial charge in [0.05, 0.1) is 12.6 Å². The quantitative estimate of drug-likeness (QED) is 0.551. The summed E-state index contributed by atoms with van der Waals surface area (Å²) in [5.74, 6) is 0. The maximum atomic E-state index is 12.4. The molecule has 4 rings (SSSR count). The molecule has 2 aromatic carbocycles. The van der Waals surface area contributed by atoms with Gasteiger partial charge in [0.15, 0.2) is 5.65 Å². The van der Waals surface area contributed by atoms with E-state index in [1.54, 1.807) is 18.3 Å². The van der Waals surface area contributed by atoms with E-state index < -0.39 is 0 Å². The summed E-state index contributed by atoms with van der Waals surface area (Å²) in [6.45, 7) is 2.25. The van der Waals surface area contributed by atoms with Crippen molar-refractivity contribution in [2.45, 2.75) is 19.5 Å². The number of pyridine rings is 1. The molecule has 0 bridgehead atoms. The number of aromatic nitrogens is 3. The number of anilines is 1. The molecule has 29 heavy (non-hydrogen) atoms. The Morgan fingerprint density at radius 3 is 2.62 bits per heavy atom. The number of carbonyl (C=O) groups excluding carboxylic acids is 1. The van der Waals surface area contributed by atoms with Gasteiger partial charge in [0, 0.05) is 11.9 Å². The molecule has 7 nitrogen and oxygen atoms in total. The fraction of sp³-hybridized carbons (Fsp3) is 0.136. The van der Waals surface area contributed by atoms with Gasteiger partial charge in [-0.05, 0) is 42.3 Å². The molecule has 1 unspecified atom stereocenters. The molecule has 146 valence electrons. The first-order chi connectivity index (χ1) is 14.1. The molecular formula is C22H21N5O2. The number of urea groups is 1. The van der Waals surface area contributed by atoms with E-state index in [4.69, 9.17) is 0 Å². The van der Waals surface area contributed by atoms with E-state index in [0.29, 0.717) is 17.9 Å². The molecule has 0 radical (unpaired) electrons. The Kier molecular flexibility index (Phi) is 5.11. The van der Waals surface area contributed by atoms with Crippen LogP contribution in [0.5, 0.6) is 0 Å². The van der Waals surface area contributed by atoms with Crippen LogP contribution in [0.15, 0.2) is 83.8 Å². The zero-order chi connectivity index (χ0) is 20.2. The van der Waals surface area contributed by atoms with Gasteiger partial charge in [-0.2, -0.15) is 0 Å². The molecule has 2 aromatic heterocycles. The van der Waals surface area contributed by atoms with Crippen LogP contribution >= 0.6 is 0 Å². The van der Waals surface area contributed by atoms with E-state index in [9.17, 15) is 9.59 Å². The van der Waals surface area contributed by atoms with Crippen LogP contribution in [0.4, 0.5) is 10.5 Å². The Bertz CT molecular complexity index is 1200. The van der Waals surface area contributed by atoms with E-state index in [2.05, 4.69) is 15.7 Å². The van der Waals surface area contributed by atoms with Crippen LogP contribution in [0.1, 0.15) is 24.1 Å². The minimum atomic E-state index is -0.289. The third kappa shape index (κ3) is 4.19. The molecule has 0 spiro atoms. The van der Waals surface area contributed by atoms with Crippen LogP contribution in [0, 0.1) is 0 Å². The van der Waals surface area contributed by atoms with E-state index >= 15 is 0 Å². The van der Waals surface area contributed by atoms with Crippen LogP contribution < -0.4 is 16.3 Å². The average Bonchev–Trinajstić information content (AvgIpc) is 3.04. The molecule has 0 aliphatic heterocycles. The third-order valence-corrected chi connectivity index (χ3v) is 4.65. The lowest BCUT2D eigenvalue weighted by atomic mass is 10.1. The van der Waals surface area contributed by atoms with Gasteiger partial charge in [-0.3, -0.25) is 4.40 Å². The van der Waals surface area contributed by atoms with Crippen LogP contribution in [0.25, 0.3) is 5.65 Å². The fourth-order valence-corrected chi connectivity index (χ4v) is 3.18. The predicted octanol–water partition coefficient (Wildman–Crippen LogP) is 3.43. The molecule has 2 heterocycles. The lowest BCUT2D eigenvalue weighted by molar-refractivity contribution is 0.249. The highest BCUT2D eigenvalue weighted by Gasteiger charge is 2.10. The maximum absolute atomic E-state index is 12.4. The van der Waals surface area contributed by atoms with Crippen molar-refractivity contribution in [1.29, 1.82) is 0 Å². The van der Waals surface area contributed by atoms with Crippen molar-refractivity contribution in [3.63, 3.8) is 0 Å². The van der Waals surface area contributed by atoms with Crippen molar-refractivity contribution in [2.75, 3.05) is 5.32 Å². The van der Waals surface area contributed by atoms with E-state index in [-0.39, 0.29) is 17.8 Å². The molecule has 0 aliphatic rings. The highest BCUT2D eigenvalue weighted by molar-refractivity contribution is 5.89. The molecule has 0 saturated heterocycles. The summed E-state index contributed by atoms with van der Waals surface area (Å²) < 4.78 is 2.91. The SMILES string of the molecule is CC(NC(=O)Nc1cccc(Cn2nc3ccccn3c2=O)c1)c1ccccc1. The highest BCUT2D eigenvalue weighted by atomic mass is 16.2. The summed E-state index contributed by atoms with van der Waals surface area (Å²) in [7, 11) is 0. The van der Waals surface area contributed by atoms with Crippen LogP contribution in [-0.2, 0) is 6.54 Å². The molecule has 0 aliphatic carbocycles. The van der Waals surface area contributed by atoms with E-state index in [0.717, 1.165) is 11.1 Å². The van der Waals surface area contributed by atoms with Gasteiger partial charge in [0.25, 0.3) is 0 Å². The monoisotopic (exact) mass is 387 g/mol. The summed E-state index contributed by atoms with van der Waals surface area (Å²) in [5, 5.41) is 10.1. The van der Waals surface area contributed by atoms with Gasteiger partial charge in [0.1, 0.15) is 0 Å². The summed E-state index contributed by atoms with van der Waals surface area (Å²) in [6, 6.07) is 22.2. The Morgan fingerprint density at radius 1 is 1.03 bits per heavy atom. The Hall–Kier alpha value is -3.87. The molecular weight excluding hydrogens is 366 g/mol. The summed E-state index contributed by atoms with van der Waals surface area (Å²) in [4.78, 5) is 24.8. The zero-order valence-electron chi connectivity index (χ0n) is 15.9. The molecule has 7 heteroatoms. The van der Waals surface area contributed by atoms with Gasteiger partial charge in [0.2, 0.25) is 0 Å². The number of amides is 2. The summed E-state index contributed by atoms with van der Waals surface area (Å²) in [6.07, 6.45) is 1.69. The third-order valence-electron chi connectivity index (χ3n) is 4.65. The van der Waals surface area contributed by atoms with Crippen LogP contribution in [0.3, 0.4) is 0 Å². The van der Waals surface area contributed by atoms with E-state index in [1.807, 2.05) is 67.6 Å². The van der Waals surface area contributed by atoms with Crippen molar-refractivity contribution in [2.24, 2.45) is 0 Å². The Morgan fingerprint density at radius 2 is 1.83 bits per heavy atom. The second-order valence-corrected chi connectivity index (χ2v) is 6.80. The molecule has 4 aromatic rings. The smallest absolute Gasteiger partial charge is 0.331 e. The standard InChI is InChI=1S/C22H21N5O2/c1-16(18-9-3-2-4-10-18)23-21(28)24-19-11-7-8-17(14-19)15-27-22(29)26-13-6-5-12-20(26)25-27/h2-14,16H,15H2,1H3,(H2,23,24,28). The number of benzene rings is 2. The van der Waals surface area contributed by atoms with Crippen molar-refractivity contribution in [3.8, 4) is 0 Å². The lowest BCUT2D eigenvalue weighted by Crippen LogP contribution is -2.31. The maximum Gasteiger partial charge on any atom is 0.350 e. The van der Waals surface area contributed by atoms with Crippen molar-refractivity contribution >= 4 is 17.4 Å². The van der Waals surface area contributed by atoms with Crippen molar-refractivity contribution in [3.05, 3.63) is 101 Å². The number of hydrogen-bond acceptors (Lipinski definition) is 3. The number of rotatable bonds is 5. The second kappa shape index (κ2) is 8.02. The normalized spacial score (nSPS) is 11.9. The Balaban J connectivity index is 1.45. The van der Waals surface area contributed by atoms with Gasteiger partial charge >= 0.3 is 11.7 Å². The predicted molar refractivity (Wildman–Crippen MR) is 112 cm³/mol. The number of nitrogens with zero attached hydrogens (tertiary/aromatic N) is 3. The first kappa shape index (κ1) is 18.5. The second-order valence-electron chi connectivity index (χ2n) is 6.80. The summed E-state index contributed by atoms with van der Waals surface area (Å²) in [5.41, 5.74) is 2.94. The number of hydrogen-bond donors (Lipinski definition) is 2. The van der Waals surface area contributed by atoms with Gasteiger partial charge < -0.3 is 10.6 Å². The topological polar surface area (TPSA) is 80.4 Å². The number of fused-ring (bicyclic) bond motifs is 1. The van der Waals surface area contributed by atoms with Gasteiger partial charge in [-0.15, -0.1) is 5.10 Å². The number of carbonyl (C=O) groups is 1. The molecule has 0 saturated carbocycles. The van der Waals surface area contributed by atoms with Gasteiger partial charge in [-0.1, -0.05) is 48.5 Å². The van der Waals surface area contributed by atoms with Crippen LogP contribution in [0.2, 0.25) is 0 Å². The molecule has 2 N–H and O–H groups in total. The summed E-state index contributed by atoms with van der Waals surface area (Å²) >= 11 is 0. The van der Waals surface area contributed by atoms with Crippen molar-refractivity contribution < 1.29 is 4.79 Å². The van der Waals surface area contributed by atoms with Gasteiger partial charge in [-0.25, -0.2) is 14.3 Å². The zero-order valence-corrected chi connectivity index (χ0v) is 15.9. The minimum absolute atomic E-state index is 0.115. The fourth-order valence-electron chi connectivity index (χ4n) is 3.18. The average molecular weight is 387 g/mol. The first-order valence-electron chi connectivity index (χ1n) is 9.36. The van der Waals surface area contributed by atoms with Crippen LogP contribution in [-0.4, -0.2) is 20.2 Å². The molecule has 1 atom stereocenters. The largest absolute Gasteiger partial charge is 0.350 e.